The van der Waals surface area contributed by atoms with Gasteiger partial charge >= 0.3 is 0 Å². The van der Waals surface area contributed by atoms with Crippen LogP contribution in [0.15, 0.2) is 29.2 Å². The van der Waals surface area contributed by atoms with Gasteiger partial charge in [-0.3, -0.25) is 9.63 Å². The van der Waals surface area contributed by atoms with Gasteiger partial charge in [0.05, 0.1) is 24.1 Å². The maximum absolute atomic E-state index is 12.3. The molecule has 0 radical (unpaired) electrons. The minimum absolute atomic E-state index is 0.000000000000000444. The number of rotatable bonds is 5. The molecule has 0 aliphatic carbocycles. The Labute approximate surface area is 117 Å². The van der Waals surface area contributed by atoms with E-state index in [-0.39, 0.29) is 16.4 Å². The normalized spacial score (nSPS) is 11.6. The lowest BCUT2D eigenvalue weighted by atomic mass is 10.2. The van der Waals surface area contributed by atoms with Gasteiger partial charge in [0, 0.05) is 10.7 Å². The largest absolute Gasteiger partial charge is 0.278 e. The summed E-state index contributed by atoms with van der Waals surface area (Å²) in [7, 11) is 2.70. The number of nitrogens with zero attached hydrogens (tertiary/aromatic N) is 1. The van der Waals surface area contributed by atoms with Crippen LogP contribution in [0.1, 0.15) is 24.2 Å². The first kappa shape index (κ1) is 15.9. The second kappa shape index (κ2) is 6.36. The molecule has 7 heteroatoms. The van der Waals surface area contributed by atoms with Gasteiger partial charge in [-0.25, -0.2) is 13.5 Å². The van der Waals surface area contributed by atoms with Crippen LogP contribution < -0.4 is 0 Å². The first-order valence-corrected chi connectivity index (χ1v) is 7.98. The minimum Gasteiger partial charge on any atom is -0.274 e. The van der Waals surface area contributed by atoms with Crippen molar-refractivity contribution in [1.82, 2.24) is 5.06 Å². The molecule has 0 unspecified atom stereocenters. The van der Waals surface area contributed by atoms with Crippen molar-refractivity contribution < 1.29 is 18.0 Å². The van der Waals surface area contributed by atoms with Crippen molar-refractivity contribution in [3.05, 3.63) is 29.8 Å². The fourth-order valence-corrected chi connectivity index (χ4v) is 2.63. The summed E-state index contributed by atoms with van der Waals surface area (Å²) in [6.07, 6.45) is 0. The maximum Gasteiger partial charge on any atom is 0.278 e. The van der Waals surface area contributed by atoms with E-state index in [0.29, 0.717) is 6.54 Å². The zero-order valence-electron chi connectivity index (χ0n) is 11.0. The van der Waals surface area contributed by atoms with Gasteiger partial charge in [0.2, 0.25) is 0 Å². The first-order valence-electron chi connectivity index (χ1n) is 5.67. The lowest BCUT2D eigenvalue weighted by Crippen LogP contribution is -2.33. The van der Waals surface area contributed by atoms with Crippen molar-refractivity contribution in [2.45, 2.75) is 18.7 Å². The molecule has 0 N–H and O–H groups in total. The first-order chi connectivity index (χ1) is 8.77. The van der Waals surface area contributed by atoms with Crippen molar-refractivity contribution in [1.29, 1.82) is 0 Å². The van der Waals surface area contributed by atoms with E-state index in [4.69, 9.17) is 15.5 Å². The topological polar surface area (TPSA) is 63.7 Å². The molecule has 0 bridgehead atoms. The van der Waals surface area contributed by atoms with Crippen LogP contribution in [0.25, 0.3) is 0 Å². The number of hydroxylamine groups is 2. The second-order valence-electron chi connectivity index (χ2n) is 4.38. The van der Waals surface area contributed by atoms with E-state index in [2.05, 4.69) is 0 Å². The fraction of sp³-hybridized carbons (Fsp3) is 0.417. The number of hydrogen-bond donors (Lipinski definition) is 0. The third-order valence-electron chi connectivity index (χ3n) is 2.36. The Hall–Kier alpha value is -1.11. The summed E-state index contributed by atoms with van der Waals surface area (Å²) in [5, 5.41) is 1.12. The zero-order chi connectivity index (χ0) is 14.6. The molecule has 0 saturated carbocycles. The number of benzene rings is 1. The summed E-state index contributed by atoms with van der Waals surface area (Å²) < 4.78 is 22.9. The Morgan fingerprint density at radius 1 is 1.37 bits per heavy atom. The van der Waals surface area contributed by atoms with Crippen LogP contribution >= 0.6 is 10.7 Å². The molecule has 1 aromatic carbocycles. The summed E-state index contributed by atoms with van der Waals surface area (Å²) in [6.45, 7) is 4.19. The highest BCUT2D eigenvalue weighted by molar-refractivity contribution is 8.13. The molecule has 1 amide bonds. The van der Waals surface area contributed by atoms with Gasteiger partial charge in [-0.05, 0) is 18.1 Å². The van der Waals surface area contributed by atoms with E-state index < -0.39 is 15.0 Å². The Morgan fingerprint density at radius 3 is 2.42 bits per heavy atom. The van der Waals surface area contributed by atoms with Crippen molar-refractivity contribution in [3.63, 3.8) is 0 Å². The lowest BCUT2D eigenvalue weighted by Gasteiger charge is -2.22. The molecule has 19 heavy (non-hydrogen) atoms. The molecule has 1 aromatic rings. The predicted octanol–water partition coefficient (Wildman–Crippen LogP) is 2.27. The Kier molecular flexibility index (Phi) is 5.34. The number of halogens is 1. The molecule has 0 atom stereocenters. The number of hydrogen-bond acceptors (Lipinski definition) is 4. The summed E-state index contributed by atoms with van der Waals surface area (Å²) >= 11 is 0. The predicted molar refractivity (Wildman–Crippen MR) is 72.4 cm³/mol. The quantitative estimate of drug-likeness (QED) is 0.618. The fourth-order valence-electron chi connectivity index (χ4n) is 1.56. The van der Waals surface area contributed by atoms with Crippen LogP contribution in [0, 0.1) is 5.92 Å². The average Bonchev–Trinajstić information content (AvgIpc) is 2.34. The van der Waals surface area contributed by atoms with Crippen LogP contribution in [0.5, 0.6) is 0 Å². The molecule has 0 aliphatic rings. The zero-order valence-corrected chi connectivity index (χ0v) is 12.5. The molecule has 106 valence electrons. The van der Waals surface area contributed by atoms with E-state index in [0.717, 1.165) is 5.06 Å². The lowest BCUT2D eigenvalue weighted by molar-refractivity contribution is -0.101. The molecule has 1 rings (SSSR count). The molecular weight excluding hydrogens is 290 g/mol. The van der Waals surface area contributed by atoms with Crippen molar-refractivity contribution in [3.8, 4) is 0 Å². The van der Waals surface area contributed by atoms with E-state index >= 15 is 0 Å². The van der Waals surface area contributed by atoms with Crippen molar-refractivity contribution in [2.75, 3.05) is 13.7 Å². The molecule has 0 saturated heterocycles. The monoisotopic (exact) mass is 305 g/mol. The summed E-state index contributed by atoms with van der Waals surface area (Å²) in [5.41, 5.74) is 0.000000000000000444. The third-order valence-corrected chi connectivity index (χ3v) is 3.74. The van der Waals surface area contributed by atoms with Crippen molar-refractivity contribution >= 4 is 25.6 Å². The minimum atomic E-state index is -3.98. The average molecular weight is 306 g/mol. The van der Waals surface area contributed by atoms with Crippen LogP contribution in [-0.2, 0) is 13.9 Å². The summed E-state index contributed by atoms with van der Waals surface area (Å²) in [5.74, 6) is -0.348. The molecule has 0 aliphatic heterocycles. The van der Waals surface area contributed by atoms with Crippen LogP contribution in [0.4, 0.5) is 0 Å². The Balaban J connectivity index is 3.19. The number of carbonyl (C=O) groups is 1. The van der Waals surface area contributed by atoms with Crippen LogP contribution in [0.2, 0.25) is 0 Å². The molecule has 5 nitrogen and oxygen atoms in total. The van der Waals surface area contributed by atoms with Crippen LogP contribution in [0.3, 0.4) is 0 Å². The van der Waals surface area contributed by atoms with Gasteiger partial charge in [0.25, 0.3) is 15.0 Å². The van der Waals surface area contributed by atoms with Gasteiger partial charge in [0.15, 0.2) is 0 Å². The van der Waals surface area contributed by atoms with Gasteiger partial charge in [-0.15, -0.1) is 0 Å². The second-order valence-corrected chi connectivity index (χ2v) is 6.91. The molecule has 0 aromatic heterocycles. The van der Waals surface area contributed by atoms with E-state index in [9.17, 15) is 13.2 Å². The highest BCUT2D eigenvalue weighted by atomic mass is 35.7. The highest BCUT2D eigenvalue weighted by Crippen LogP contribution is 2.21. The van der Waals surface area contributed by atoms with Gasteiger partial charge < -0.3 is 0 Å². The maximum atomic E-state index is 12.3. The number of carbonyl (C=O) groups excluding carboxylic acids is 1. The van der Waals surface area contributed by atoms with E-state index in [1.54, 1.807) is 6.07 Å². The van der Waals surface area contributed by atoms with Crippen molar-refractivity contribution in [2.24, 2.45) is 5.92 Å². The van der Waals surface area contributed by atoms with Gasteiger partial charge in [-0.2, -0.15) is 0 Å². The highest BCUT2D eigenvalue weighted by Gasteiger charge is 2.24. The molecular formula is C12H16ClNO4S. The number of amides is 1. The SMILES string of the molecule is CON(CC(C)C)C(=O)c1ccccc1S(=O)(=O)Cl. The van der Waals surface area contributed by atoms with E-state index in [1.165, 1.54) is 25.3 Å². The Morgan fingerprint density at radius 2 is 1.95 bits per heavy atom. The van der Waals surface area contributed by atoms with Crippen LogP contribution in [-0.4, -0.2) is 33.0 Å². The molecule has 0 heterocycles. The Bertz CT molecular complexity index is 557. The smallest absolute Gasteiger partial charge is 0.274 e. The summed E-state index contributed by atoms with van der Waals surface area (Å²) in [4.78, 5) is 17.0. The molecule has 0 fully saturated rings. The standard InChI is InChI=1S/C12H16ClNO4S/c1-9(2)8-14(18-3)12(15)10-6-4-5-7-11(10)19(13,16)17/h4-7,9H,8H2,1-3H3. The van der Waals surface area contributed by atoms with Gasteiger partial charge in [0.1, 0.15) is 0 Å². The third kappa shape index (κ3) is 4.19. The summed E-state index contributed by atoms with van der Waals surface area (Å²) in [6, 6.07) is 5.77. The van der Waals surface area contributed by atoms with E-state index in [1.807, 2.05) is 13.8 Å². The molecule has 0 spiro atoms. The van der Waals surface area contributed by atoms with Gasteiger partial charge in [-0.1, -0.05) is 26.0 Å².